The van der Waals surface area contributed by atoms with Gasteiger partial charge in [-0.15, -0.1) is 0 Å². The van der Waals surface area contributed by atoms with Gasteiger partial charge in [0.1, 0.15) is 0 Å². The van der Waals surface area contributed by atoms with Gasteiger partial charge in [0.05, 0.1) is 38.6 Å². The Kier molecular flexibility index (Phi) is 56.8. The van der Waals surface area contributed by atoms with Gasteiger partial charge in [0, 0.05) is 33.4 Å². The summed E-state index contributed by atoms with van der Waals surface area (Å²) in [5, 5.41) is 17.3. The van der Waals surface area contributed by atoms with Gasteiger partial charge in [0.2, 0.25) is 0 Å². The Morgan fingerprint density at radius 2 is 1.41 bits per heavy atom. The molecule has 0 saturated carbocycles. The quantitative estimate of drug-likeness (QED) is 0.532. The topological polar surface area (TPSA) is 77.4 Å². The molecule has 2 atom stereocenters. The van der Waals surface area contributed by atoms with Crippen LogP contribution < -0.4 is 0 Å². The highest BCUT2D eigenvalue weighted by Gasteiger charge is 2.31. The van der Waals surface area contributed by atoms with Crippen molar-refractivity contribution >= 4 is 0 Å². The fourth-order valence-corrected chi connectivity index (χ4v) is 1.22. The van der Waals surface area contributed by atoms with Crippen molar-refractivity contribution in [1.82, 2.24) is 0 Å². The Morgan fingerprint density at radius 3 is 1.45 bits per heavy atom. The second-order valence-corrected chi connectivity index (χ2v) is 6.43. The number of aliphatic hydroxyl groups is 2. The summed E-state index contributed by atoms with van der Waals surface area (Å²) in [6, 6.07) is 0. The van der Waals surface area contributed by atoms with Gasteiger partial charge in [-0.3, -0.25) is 0 Å². The minimum absolute atomic E-state index is 0. The average Bonchev–Trinajstić information content (AvgIpc) is 2.61. The summed E-state index contributed by atoms with van der Waals surface area (Å²) >= 11 is 0. The molecular weight excluding hydrogens is 372 g/mol. The molecule has 0 aromatic carbocycles. The predicted molar refractivity (Wildman–Crippen MR) is 130 cm³/mol. The molecule has 1 aliphatic heterocycles. The van der Waals surface area contributed by atoms with Crippen molar-refractivity contribution in [1.29, 1.82) is 0 Å². The molecule has 1 heterocycles. The highest BCUT2D eigenvalue weighted by Crippen LogP contribution is 2.24. The zero-order valence-electron chi connectivity index (χ0n) is 17.8. The van der Waals surface area contributed by atoms with Crippen LogP contribution in [-0.2, 0) is 18.9 Å². The molecular formula is C23H60O6. The molecule has 6 nitrogen and oxygen atoms in total. The fraction of sp³-hybridized carbons (Fsp3) is 1.00. The number of methoxy groups -OCH3 is 3. The van der Waals surface area contributed by atoms with Gasteiger partial charge < -0.3 is 29.2 Å². The molecule has 2 N–H and O–H groups in total. The van der Waals surface area contributed by atoms with Crippen molar-refractivity contribution < 1.29 is 29.2 Å². The van der Waals surface area contributed by atoms with E-state index in [9.17, 15) is 0 Å². The highest BCUT2D eigenvalue weighted by molar-refractivity contribution is 4.78. The molecule has 0 aliphatic carbocycles. The summed E-state index contributed by atoms with van der Waals surface area (Å²) < 4.78 is 19.1. The van der Waals surface area contributed by atoms with E-state index in [1.165, 1.54) is 0 Å². The summed E-state index contributed by atoms with van der Waals surface area (Å²) in [5.41, 5.74) is 0.0972. The van der Waals surface area contributed by atoms with Crippen LogP contribution in [-0.4, -0.2) is 76.8 Å². The maximum atomic E-state index is 8.73. The normalized spacial score (nSPS) is 14.3. The van der Waals surface area contributed by atoms with Gasteiger partial charge in [0.15, 0.2) is 0 Å². The number of hydrogen-bond acceptors (Lipinski definition) is 6. The van der Waals surface area contributed by atoms with Gasteiger partial charge in [0.25, 0.3) is 0 Å². The smallest absolute Gasteiger partial charge is 0.0770 e. The molecule has 6 heteroatoms. The third kappa shape index (κ3) is 38.9. The summed E-state index contributed by atoms with van der Waals surface area (Å²) in [7, 11) is 5.02. The zero-order chi connectivity index (χ0) is 20.1. The van der Waals surface area contributed by atoms with Gasteiger partial charge in [-0.1, -0.05) is 57.4 Å². The molecule has 1 saturated heterocycles. The SMILES string of the molecule is C.C.C.C.CC1(CO)COC1.CCC(C)OC.CCC(O)COC.CCCOC. The van der Waals surface area contributed by atoms with Crippen LogP contribution in [0.2, 0.25) is 0 Å². The molecule has 0 radical (unpaired) electrons. The fourth-order valence-electron chi connectivity index (χ4n) is 1.22. The molecule has 0 bridgehead atoms. The summed E-state index contributed by atoms with van der Waals surface area (Å²) in [4.78, 5) is 0. The van der Waals surface area contributed by atoms with Crippen molar-refractivity contribution in [2.24, 2.45) is 5.41 Å². The number of aliphatic hydroxyl groups excluding tert-OH is 2. The lowest BCUT2D eigenvalue weighted by Gasteiger charge is -2.35. The molecule has 0 aromatic rings. The Bertz CT molecular complexity index is 224. The van der Waals surface area contributed by atoms with Crippen LogP contribution in [0, 0.1) is 5.41 Å². The van der Waals surface area contributed by atoms with E-state index in [2.05, 4.69) is 25.5 Å². The summed E-state index contributed by atoms with van der Waals surface area (Å²) in [6.07, 6.45) is 3.16. The van der Waals surface area contributed by atoms with Crippen LogP contribution >= 0.6 is 0 Å². The molecule has 0 aromatic heterocycles. The Balaban J connectivity index is -0.0000000429. The lowest BCUT2D eigenvalue weighted by molar-refractivity contribution is -0.125. The summed E-state index contributed by atoms with van der Waals surface area (Å²) in [6.45, 7) is 13.2. The van der Waals surface area contributed by atoms with Crippen molar-refractivity contribution in [3.63, 3.8) is 0 Å². The molecule has 188 valence electrons. The third-order valence-electron chi connectivity index (χ3n) is 3.50. The lowest BCUT2D eigenvalue weighted by atomic mass is 9.90. The van der Waals surface area contributed by atoms with Crippen LogP contribution in [0.3, 0.4) is 0 Å². The second kappa shape index (κ2) is 35.2. The highest BCUT2D eigenvalue weighted by atomic mass is 16.5. The van der Waals surface area contributed by atoms with Gasteiger partial charge in [-0.25, -0.2) is 0 Å². The van der Waals surface area contributed by atoms with Gasteiger partial charge in [-0.05, 0) is 26.2 Å². The number of rotatable bonds is 8. The second-order valence-electron chi connectivity index (χ2n) is 6.43. The first-order valence-corrected chi connectivity index (χ1v) is 9.17. The van der Waals surface area contributed by atoms with Crippen LogP contribution in [0.1, 0.15) is 83.6 Å². The molecule has 1 rings (SSSR count). The van der Waals surface area contributed by atoms with Crippen LogP contribution in [0.25, 0.3) is 0 Å². The molecule has 1 fully saturated rings. The lowest BCUT2D eigenvalue weighted by Crippen LogP contribution is -2.42. The molecule has 0 amide bonds. The Hall–Kier alpha value is -0.240. The maximum absolute atomic E-state index is 8.73. The summed E-state index contributed by atoms with van der Waals surface area (Å²) in [5.74, 6) is 0. The molecule has 29 heavy (non-hydrogen) atoms. The van der Waals surface area contributed by atoms with E-state index < -0.39 is 0 Å². The maximum Gasteiger partial charge on any atom is 0.0770 e. The van der Waals surface area contributed by atoms with E-state index in [1.807, 2.05) is 13.8 Å². The van der Waals surface area contributed by atoms with E-state index in [4.69, 9.17) is 24.4 Å². The van der Waals surface area contributed by atoms with E-state index in [0.29, 0.717) is 12.7 Å². The average molecular weight is 433 g/mol. The molecule has 1 aliphatic rings. The minimum Gasteiger partial charge on any atom is -0.396 e. The van der Waals surface area contributed by atoms with E-state index in [-0.39, 0.29) is 47.8 Å². The van der Waals surface area contributed by atoms with Crippen LogP contribution in [0.5, 0.6) is 0 Å². The first kappa shape index (κ1) is 46.8. The first-order chi connectivity index (χ1) is 11.8. The van der Waals surface area contributed by atoms with Crippen molar-refractivity contribution in [2.45, 2.75) is 95.8 Å². The minimum atomic E-state index is -0.273. The monoisotopic (exact) mass is 432 g/mol. The van der Waals surface area contributed by atoms with Crippen LogP contribution in [0.4, 0.5) is 0 Å². The van der Waals surface area contributed by atoms with Crippen LogP contribution in [0.15, 0.2) is 0 Å². The zero-order valence-corrected chi connectivity index (χ0v) is 17.8. The Labute approximate surface area is 185 Å². The molecule has 2 unspecified atom stereocenters. The number of ether oxygens (including phenoxy) is 4. The largest absolute Gasteiger partial charge is 0.396 e. The van der Waals surface area contributed by atoms with E-state index in [0.717, 1.165) is 39.1 Å². The van der Waals surface area contributed by atoms with Crippen molar-refractivity contribution in [3.05, 3.63) is 0 Å². The van der Waals surface area contributed by atoms with E-state index in [1.54, 1.807) is 21.3 Å². The van der Waals surface area contributed by atoms with Crippen molar-refractivity contribution in [2.75, 3.05) is 54.4 Å². The third-order valence-corrected chi connectivity index (χ3v) is 3.50. The van der Waals surface area contributed by atoms with E-state index >= 15 is 0 Å². The van der Waals surface area contributed by atoms with Gasteiger partial charge in [-0.2, -0.15) is 0 Å². The first-order valence-electron chi connectivity index (χ1n) is 9.17. The standard InChI is InChI=1S/C5H10O2.C5H12O2.C5H12O.C4H10O.4CH4/c1-5(2-6)3-7-4-5;1-3-5(6)4-7-2;1-4-5(2)6-3;1-3-4-5-2;;;;/h6H,2-4H2,1H3;5-6H,3-4H2,1-2H3;5H,4H2,1-3H3;3-4H2,1-2H3;4*1H4. The predicted octanol–water partition coefficient (Wildman–Crippen LogP) is 5.44. The number of hydrogen-bond donors (Lipinski definition) is 2. The van der Waals surface area contributed by atoms with Gasteiger partial charge >= 0.3 is 0 Å². The molecule has 0 spiro atoms. The Morgan fingerprint density at radius 1 is 0.931 bits per heavy atom. The van der Waals surface area contributed by atoms with Crippen molar-refractivity contribution in [3.8, 4) is 0 Å².